The summed E-state index contributed by atoms with van der Waals surface area (Å²) in [5.41, 5.74) is -0.899. The molecule has 0 amide bonds. The van der Waals surface area contributed by atoms with Crippen LogP contribution < -0.4 is 0 Å². The van der Waals surface area contributed by atoms with Crippen LogP contribution in [0.5, 0.6) is 0 Å². The first-order valence-electron chi connectivity index (χ1n) is 8.56. The molecule has 0 saturated heterocycles. The lowest BCUT2D eigenvalue weighted by atomic mass is 9.86. The van der Waals surface area contributed by atoms with E-state index in [9.17, 15) is 23.2 Å². The molecule has 2 rings (SSSR count). The predicted octanol–water partition coefficient (Wildman–Crippen LogP) is 3.65. The summed E-state index contributed by atoms with van der Waals surface area (Å²) in [7, 11) is 0. The molecule has 7 heteroatoms. The third kappa shape index (κ3) is 4.48. The lowest BCUT2D eigenvalue weighted by molar-refractivity contribution is -0.142. The Balaban J connectivity index is 2.34. The van der Waals surface area contributed by atoms with Crippen molar-refractivity contribution in [2.45, 2.75) is 32.6 Å². The molecule has 0 saturated carbocycles. The predicted molar refractivity (Wildman–Crippen MR) is 93.3 cm³/mol. The van der Waals surface area contributed by atoms with Crippen molar-refractivity contribution in [3.8, 4) is 0 Å². The minimum atomic E-state index is -3.81. The van der Waals surface area contributed by atoms with E-state index in [-0.39, 0.29) is 36.3 Å². The van der Waals surface area contributed by atoms with E-state index in [0.717, 1.165) is 6.08 Å². The average molecular weight is 378 g/mol. The number of rotatable bonds is 7. The highest BCUT2D eigenvalue weighted by Gasteiger charge is 2.45. The van der Waals surface area contributed by atoms with Crippen molar-refractivity contribution in [1.29, 1.82) is 0 Å². The third-order valence-electron chi connectivity index (χ3n) is 4.05. The van der Waals surface area contributed by atoms with Gasteiger partial charge in [-0.15, -0.1) is 0 Å². The molecule has 144 valence electrons. The number of carbonyl (C=O) groups is 3. The van der Waals surface area contributed by atoms with Gasteiger partial charge >= 0.3 is 17.9 Å². The van der Waals surface area contributed by atoms with Crippen LogP contribution in [0.4, 0.5) is 8.78 Å². The smallest absolute Gasteiger partial charge is 0.334 e. The van der Waals surface area contributed by atoms with Crippen LogP contribution in [0.2, 0.25) is 0 Å². The van der Waals surface area contributed by atoms with Crippen molar-refractivity contribution >= 4 is 17.7 Å². The Hall–Kier alpha value is -2.83. The highest BCUT2D eigenvalue weighted by molar-refractivity contribution is 6.05. The van der Waals surface area contributed by atoms with Gasteiger partial charge in [0.25, 0.3) is 0 Å². The fourth-order valence-corrected chi connectivity index (χ4v) is 2.71. The molecule has 0 atom stereocenters. The Morgan fingerprint density at radius 2 is 1.52 bits per heavy atom. The Morgan fingerprint density at radius 3 is 2.07 bits per heavy atom. The van der Waals surface area contributed by atoms with E-state index in [1.165, 1.54) is 24.3 Å². The topological polar surface area (TPSA) is 69.7 Å². The maximum atomic E-state index is 14.8. The van der Waals surface area contributed by atoms with Gasteiger partial charge in [-0.25, -0.2) is 9.59 Å². The molecule has 0 N–H and O–H groups in total. The van der Waals surface area contributed by atoms with Gasteiger partial charge in [-0.3, -0.25) is 4.79 Å². The number of Topliss-reactive ketones (excluding diaryl/α,β-unsaturated/α-hetero) is 1. The molecule has 0 fully saturated rings. The lowest BCUT2D eigenvalue weighted by Crippen LogP contribution is -2.33. The summed E-state index contributed by atoms with van der Waals surface area (Å²) >= 11 is 0. The Kier molecular flexibility index (Phi) is 6.60. The molecular weight excluding hydrogens is 358 g/mol. The molecule has 0 unspecified atom stereocenters. The van der Waals surface area contributed by atoms with Crippen molar-refractivity contribution in [3.05, 3.63) is 58.7 Å². The van der Waals surface area contributed by atoms with Crippen molar-refractivity contribution in [3.63, 3.8) is 0 Å². The fourth-order valence-electron chi connectivity index (χ4n) is 2.71. The lowest BCUT2D eigenvalue weighted by Gasteiger charge is -2.24. The molecule has 27 heavy (non-hydrogen) atoms. The number of carbonyl (C=O) groups excluding carboxylic acids is 3. The average Bonchev–Trinajstić information content (AvgIpc) is 2.68. The molecule has 5 nitrogen and oxygen atoms in total. The van der Waals surface area contributed by atoms with E-state index in [4.69, 9.17) is 9.47 Å². The molecule has 0 bridgehead atoms. The van der Waals surface area contributed by atoms with Crippen molar-refractivity contribution in [1.82, 2.24) is 0 Å². The number of halogens is 2. The summed E-state index contributed by atoms with van der Waals surface area (Å²) in [6, 6.07) is 7.18. The summed E-state index contributed by atoms with van der Waals surface area (Å²) in [6.45, 7) is 3.27. The Bertz CT molecular complexity index is 794. The maximum Gasteiger partial charge on any atom is 0.334 e. The summed E-state index contributed by atoms with van der Waals surface area (Å²) < 4.78 is 39.3. The highest BCUT2D eigenvalue weighted by Crippen LogP contribution is 2.37. The number of benzene rings is 1. The summed E-state index contributed by atoms with van der Waals surface area (Å²) in [5.74, 6) is -6.79. The number of ether oxygens (including phenoxy) is 2. The second kappa shape index (κ2) is 8.70. The molecule has 0 aliphatic heterocycles. The number of hydrogen-bond donors (Lipinski definition) is 0. The minimum Gasteiger partial charge on any atom is -0.463 e. The van der Waals surface area contributed by atoms with E-state index < -0.39 is 35.6 Å². The van der Waals surface area contributed by atoms with Gasteiger partial charge in [-0.05, 0) is 20.3 Å². The number of ketones is 1. The molecule has 1 aromatic rings. The minimum absolute atomic E-state index is 0.0246. The molecule has 0 radical (unpaired) electrons. The zero-order valence-electron chi connectivity index (χ0n) is 15.1. The van der Waals surface area contributed by atoms with Gasteiger partial charge in [-0.1, -0.05) is 36.4 Å². The molecule has 1 aliphatic rings. The Morgan fingerprint density at radius 1 is 0.963 bits per heavy atom. The van der Waals surface area contributed by atoms with Gasteiger partial charge in [0, 0.05) is 17.6 Å². The van der Waals surface area contributed by atoms with Crippen molar-refractivity contribution < 1.29 is 32.6 Å². The zero-order valence-corrected chi connectivity index (χ0v) is 15.1. The van der Waals surface area contributed by atoms with Crippen LogP contribution in [0, 0.1) is 0 Å². The van der Waals surface area contributed by atoms with E-state index in [1.54, 1.807) is 19.9 Å². The zero-order chi connectivity index (χ0) is 20.0. The van der Waals surface area contributed by atoms with Gasteiger partial charge in [-0.2, -0.15) is 8.78 Å². The van der Waals surface area contributed by atoms with Gasteiger partial charge in [0.05, 0.1) is 24.4 Å². The van der Waals surface area contributed by atoms with Gasteiger partial charge < -0.3 is 9.47 Å². The number of allylic oxidation sites excluding steroid dienone is 2. The second-order valence-electron chi connectivity index (χ2n) is 5.78. The largest absolute Gasteiger partial charge is 0.463 e. The van der Waals surface area contributed by atoms with Gasteiger partial charge in [0.2, 0.25) is 5.78 Å². The van der Waals surface area contributed by atoms with Crippen LogP contribution in [0.15, 0.2) is 53.1 Å². The monoisotopic (exact) mass is 378 g/mol. The number of alkyl halides is 2. The van der Waals surface area contributed by atoms with Crippen LogP contribution in [0.3, 0.4) is 0 Å². The summed E-state index contributed by atoms with van der Waals surface area (Å²) in [4.78, 5) is 36.5. The SMILES string of the molecule is CCOC(=O)C1=C(C(=O)OCC)CC(C(F)(F)C(=O)c2ccccc2)=CC1. The molecule has 1 aliphatic carbocycles. The highest BCUT2D eigenvalue weighted by atomic mass is 19.3. The molecule has 0 aromatic heterocycles. The molecular formula is C20H20F2O5. The summed E-state index contributed by atoms with van der Waals surface area (Å²) in [5, 5.41) is 0. The maximum absolute atomic E-state index is 14.8. The van der Waals surface area contributed by atoms with Crippen LogP contribution >= 0.6 is 0 Å². The fraction of sp³-hybridized carbons (Fsp3) is 0.350. The number of esters is 2. The quantitative estimate of drug-likeness (QED) is 0.412. The van der Waals surface area contributed by atoms with Crippen LogP contribution in [0.25, 0.3) is 0 Å². The van der Waals surface area contributed by atoms with Crippen LogP contribution in [0.1, 0.15) is 37.0 Å². The molecule has 0 heterocycles. The van der Waals surface area contributed by atoms with E-state index in [2.05, 4.69) is 0 Å². The van der Waals surface area contributed by atoms with Crippen LogP contribution in [-0.2, 0) is 19.1 Å². The normalized spacial score (nSPS) is 14.4. The molecule has 0 spiro atoms. The van der Waals surface area contributed by atoms with Crippen LogP contribution in [-0.4, -0.2) is 36.9 Å². The third-order valence-corrected chi connectivity index (χ3v) is 4.05. The van der Waals surface area contributed by atoms with Crippen molar-refractivity contribution in [2.75, 3.05) is 13.2 Å². The summed E-state index contributed by atoms with van der Waals surface area (Å²) in [6.07, 6.45) is 0.314. The first-order valence-corrected chi connectivity index (χ1v) is 8.56. The van der Waals surface area contributed by atoms with Gasteiger partial charge in [0.15, 0.2) is 0 Å². The first kappa shape index (κ1) is 20.5. The standard InChI is InChI=1S/C20H20F2O5/c1-3-26-18(24)15-11-10-14(12-16(15)19(25)27-4-2)20(21,22)17(23)13-8-6-5-7-9-13/h5-10H,3-4,11-12H2,1-2H3. The van der Waals surface area contributed by atoms with Crippen molar-refractivity contribution in [2.24, 2.45) is 0 Å². The Labute approximate surface area is 155 Å². The van der Waals surface area contributed by atoms with E-state index in [1.807, 2.05) is 0 Å². The van der Waals surface area contributed by atoms with E-state index in [0.29, 0.717) is 0 Å². The first-order chi connectivity index (χ1) is 12.8. The second-order valence-corrected chi connectivity index (χ2v) is 5.78. The number of hydrogen-bond acceptors (Lipinski definition) is 5. The molecule has 1 aromatic carbocycles. The van der Waals surface area contributed by atoms with Gasteiger partial charge in [0.1, 0.15) is 0 Å². The van der Waals surface area contributed by atoms with E-state index >= 15 is 0 Å².